The number of nitro groups is 1. The highest BCUT2D eigenvalue weighted by atomic mass is 35.5. The Labute approximate surface area is 151 Å². The van der Waals surface area contributed by atoms with Gasteiger partial charge < -0.3 is 5.11 Å². The quantitative estimate of drug-likeness (QED) is 0.344. The van der Waals surface area contributed by atoms with Crippen LogP contribution in [0.3, 0.4) is 0 Å². The van der Waals surface area contributed by atoms with E-state index in [2.05, 4.69) is 5.10 Å². The van der Waals surface area contributed by atoms with Crippen LogP contribution in [0.25, 0.3) is 11.3 Å². The average molecular weight is 414 g/mol. The van der Waals surface area contributed by atoms with Gasteiger partial charge in [-0.1, -0.05) is 11.6 Å². The number of carboxylic acids is 1. The molecule has 0 aliphatic heterocycles. The molecule has 0 aliphatic carbocycles. The van der Waals surface area contributed by atoms with Crippen molar-refractivity contribution in [2.24, 2.45) is 7.05 Å². The summed E-state index contributed by atoms with van der Waals surface area (Å²) in [5, 5.41) is 22.4. The van der Waals surface area contributed by atoms with Crippen LogP contribution in [0, 0.1) is 15.9 Å². The lowest BCUT2D eigenvalue weighted by Gasteiger charge is -2.07. The minimum Gasteiger partial charge on any atom is -0.481 e. The number of alkyl halides is 3. The standard InChI is InChI=1S/C13H8ClF4N3O4S/c1-20-12(13(16,17)18)10(14)11(19-20)5-2-8(26-4-9(22)23)7(21(24)25)3-6(5)15/h2-3H,4H2,1H3,(H,22,23). The van der Waals surface area contributed by atoms with E-state index in [1.165, 1.54) is 0 Å². The molecule has 0 fully saturated rings. The second kappa shape index (κ2) is 7.11. The van der Waals surface area contributed by atoms with Gasteiger partial charge in [-0.25, -0.2) is 4.39 Å². The van der Waals surface area contributed by atoms with Crippen molar-refractivity contribution in [3.63, 3.8) is 0 Å². The number of aromatic nitrogens is 2. The normalized spacial score (nSPS) is 11.6. The number of carbonyl (C=O) groups is 1. The van der Waals surface area contributed by atoms with Gasteiger partial charge >= 0.3 is 12.1 Å². The number of benzene rings is 1. The van der Waals surface area contributed by atoms with Crippen LogP contribution in [-0.2, 0) is 18.0 Å². The smallest absolute Gasteiger partial charge is 0.434 e. The highest BCUT2D eigenvalue weighted by Crippen LogP contribution is 2.42. The Morgan fingerprint density at radius 2 is 2.08 bits per heavy atom. The van der Waals surface area contributed by atoms with Gasteiger partial charge in [-0.05, 0) is 6.07 Å². The molecular formula is C13H8ClF4N3O4S. The van der Waals surface area contributed by atoms with Crippen LogP contribution in [-0.4, -0.2) is 31.5 Å². The molecule has 0 saturated heterocycles. The summed E-state index contributed by atoms with van der Waals surface area (Å²) in [6.45, 7) is 0. The third-order valence-corrected chi connectivity index (χ3v) is 4.50. The molecule has 2 aromatic rings. The summed E-state index contributed by atoms with van der Waals surface area (Å²) in [6.07, 6.45) is -4.85. The van der Waals surface area contributed by atoms with Crippen molar-refractivity contribution < 1.29 is 32.4 Å². The molecule has 13 heteroatoms. The first-order valence-electron chi connectivity index (χ1n) is 6.56. The predicted molar refractivity (Wildman–Crippen MR) is 83.6 cm³/mol. The van der Waals surface area contributed by atoms with Gasteiger partial charge in [0.1, 0.15) is 11.5 Å². The van der Waals surface area contributed by atoms with Gasteiger partial charge in [-0.3, -0.25) is 19.6 Å². The molecule has 7 nitrogen and oxygen atoms in total. The zero-order chi connectivity index (χ0) is 19.8. The lowest BCUT2D eigenvalue weighted by atomic mass is 10.1. The van der Waals surface area contributed by atoms with Crippen molar-refractivity contribution in [3.05, 3.63) is 38.8 Å². The molecule has 1 aromatic heterocycles. The van der Waals surface area contributed by atoms with E-state index in [1.807, 2.05) is 0 Å². The van der Waals surface area contributed by atoms with E-state index in [4.69, 9.17) is 16.7 Å². The second-order valence-electron chi connectivity index (χ2n) is 4.87. The van der Waals surface area contributed by atoms with Crippen molar-refractivity contribution in [2.45, 2.75) is 11.1 Å². The van der Waals surface area contributed by atoms with Gasteiger partial charge in [0, 0.05) is 12.6 Å². The highest BCUT2D eigenvalue weighted by molar-refractivity contribution is 8.00. The van der Waals surface area contributed by atoms with E-state index in [9.17, 15) is 32.5 Å². The Hall–Kier alpha value is -2.34. The van der Waals surface area contributed by atoms with E-state index in [0.29, 0.717) is 22.5 Å². The van der Waals surface area contributed by atoms with Crippen LogP contribution in [0.4, 0.5) is 23.2 Å². The first-order chi connectivity index (χ1) is 11.9. The summed E-state index contributed by atoms with van der Waals surface area (Å²) in [4.78, 5) is 20.5. The number of hydrogen-bond donors (Lipinski definition) is 1. The third kappa shape index (κ3) is 3.90. The van der Waals surface area contributed by atoms with Gasteiger partial charge in [-0.2, -0.15) is 18.3 Å². The molecule has 0 atom stereocenters. The number of hydrogen-bond acceptors (Lipinski definition) is 5. The molecule has 1 heterocycles. The Balaban J connectivity index is 2.66. The molecule has 140 valence electrons. The first-order valence-corrected chi connectivity index (χ1v) is 7.92. The summed E-state index contributed by atoms with van der Waals surface area (Å²) in [7, 11) is 0.960. The molecular weight excluding hydrogens is 406 g/mol. The monoisotopic (exact) mass is 413 g/mol. The zero-order valence-corrected chi connectivity index (χ0v) is 14.2. The van der Waals surface area contributed by atoms with Crippen LogP contribution in [0.5, 0.6) is 0 Å². The number of aliphatic carboxylic acids is 1. The van der Waals surface area contributed by atoms with E-state index in [0.717, 1.165) is 13.1 Å². The molecule has 0 aliphatic rings. The largest absolute Gasteiger partial charge is 0.481 e. The molecule has 0 bridgehead atoms. The van der Waals surface area contributed by atoms with Crippen LogP contribution >= 0.6 is 23.4 Å². The van der Waals surface area contributed by atoms with Crippen molar-refractivity contribution in [3.8, 4) is 11.3 Å². The fraction of sp³-hybridized carbons (Fsp3) is 0.231. The fourth-order valence-electron chi connectivity index (χ4n) is 2.10. The summed E-state index contributed by atoms with van der Waals surface area (Å²) in [6, 6.07) is 1.34. The van der Waals surface area contributed by atoms with Gasteiger partial charge in [0.25, 0.3) is 5.69 Å². The molecule has 0 amide bonds. The summed E-state index contributed by atoms with van der Waals surface area (Å²) in [5.41, 5.74) is -3.11. The predicted octanol–water partition coefficient (Wildman–Crippen LogP) is 3.98. The Bertz CT molecular complexity index is 900. The lowest BCUT2D eigenvalue weighted by Crippen LogP contribution is -2.12. The summed E-state index contributed by atoms with van der Waals surface area (Å²) >= 11 is 6.21. The summed E-state index contributed by atoms with van der Waals surface area (Å²) < 4.78 is 53.7. The maximum Gasteiger partial charge on any atom is 0.434 e. The van der Waals surface area contributed by atoms with Gasteiger partial charge in [0.2, 0.25) is 0 Å². The van der Waals surface area contributed by atoms with Crippen LogP contribution in [0.15, 0.2) is 17.0 Å². The van der Waals surface area contributed by atoms with E-state index < -0.39 is 56.3 Å². The topological polar surface area (TPSA) is 98.3 Å². The molecule has 0 radical (unpaired) electrons. The maximum atomic E-state index is 14.3. The van der Waals surface area contributed by atoms with Gasteiger partial charge in [-0.15, -0.1) is 11.8 Å². The molecule has 2 rings (SSSR count). The minimum absolute atomic E-state index is 0.246. The molecule has 0 saturated carbocycles. The number of halogens is 5. The number of aryl methyl sites for hydroxylation is 1. The molecule has 26 heavy (non-hydrogen) atoms. The maximum absolute atomic E-state index is 14.3. The number of nitrogens with zero attached hydrogens (tertiary/aromatic N) is 3. The summed E-state index contributed by atoms with van der Waals surface area (Å²) in [5.74, 6) is -3.08. The Kier molecular flexibility index (Phi) is 5.47. The van der Waals surface area contributed by atoms with Gasteiger partial charge in [0.05, 0.1) is 26.7 Å². The van der Waals surface area contributed by atoms with Crippen LogP contribution in [0.2, 0.25) is 5.02 Å². The van der Waals surface area contributed by atoms with Crippen LogP contribution in [0.1, 0.15) is 5.69 Å². The van der Waals surface area contributed by atoms with E-state index in [1.54, 1.807) is 0 Å². The fourth-order valence-corrected chi connectivity index (χ4v) is 3.23. The highest BCUT2D eigenvalue weighted by Gasteiger charge is 2.39. The lowest BCUT2D eigenvalue weighted by molar-refractivity contribution is -0.387. The van der Waals surface area contributed by atoms with Crippen molar-refractivity contribution in [1.29, 1.82) is 0 Å². The Morgan fingerprint density at radius 1 is 1.46 bits per heavy atom. The third-order valence-electron chi connectivity index (χ3n) is 3.11. The number of carboxylic acid groups (broad SMARTS) is 1. The van der Waals surface area contributed by atoms with Gasteiger partial charge in [0.15, 0.2) is 5.69 Å². The van der Waals surface area contributed by atoms with Crippen molar-refractivity contribution >= 4 is 35.0 Å². The zero-order valence-electron chi connectivity index (χ0n) is 12.7. The average Bonchev–Trinajstić information content (AvgIpc) is 2.79. The molecule has 1 aromatic carbocycles. The number of rotatable bonds is 5. The van der Waals surface area contributed by atoms with E-state index in [-0.39, 0.29) is 4.90 Å². The second-order valence-corrected chi connectivity index (χ2v) is 6.27. The minimum atomic E-state index is -4.85. The molecule has 1 N–H and O–H groups in total. The number of thioether (sulfide) groups is 1. The molecule has 0 spiro atoms. The van der Waals surface area contributed by atoms with Crippen molar-refractivity contribution in [1.82, 2.24) is 9.78 Å². The Morgan fingerprint density at radius 3 is 2.54 bits per heavy atom. The van der Waals surface area contributed by atoms with Crippen LogP contribution < -0.4 is 0 Å². The van der Waals surface area contributed by atoms with E-state index >= 15 is 0 Å². The van der Waals surface area contributed by atoms with Crippen molar-refractivity contribution in [2.75, 3.05) is 5.75 Å². The SMILES string of the molecule is Cn1nc(-c2cc(SCC(=O)O)c([N+](=O)[O-])cc2F)c(Cl)c1C(F)(F)F. The molecule has 0 unspecified atom stereocenters. The first kappa shape index (κ1) is 20.0. The number of nitro benzene ring substituents is 1.